The fourth-order valence-corrected chi connectivity index (χ4v) is 3.05. The van der Waals surface area contributed by atoms with Crippen LogP contribution in [0.5, 0.6) is 5.75 Å². The largest absolute Gasteiger partial charge is 0.478 e. The van der Waals surface area contributed by atoms with Gasteiger partial charge in [0.25, 0.3) is 5.91 Å². The van der Waals surface area contributed by atoms with Gasteiger partial charge in [0.2, 0.25) is 0 Å². The maximum absolute atomic E-state index is 13.9. The van der Waals surface area contributed by atoms with Crippen LogP contribution in [0.3, 0.4) is 0 Å². The molecule has 2 aromatic rings. The molecule has 3 rings (SSSR count). The monoisotopic (exact) mass is 401 g/mol. The highest BCUT2D eigenvalue weighted by atomic mass is 19.1. The molecule has 2 aromatic carbocycles. The van der Waals surface area contributed by atoms with Crippen molar-refractivity contribution in [3.8, 4) is 5.75 Å². The van der Waals surface area contributed by atoms with Gasteiger partial charge in [-0.15, -0.1) is 0 Å². The van der Waals surface area contributed by atoms with E-state index >= 15 is 0 Å². The molecule has 0 radical (unpaired) electrons. The Morgan fingerprint density at radius 1 is 1.14 bits per heavy atom. The number of rotatable bonds is 5. The van der Waals surface area contributed by atoms with Crippen molar-refractivity contribution in [2.45, 2.75) is 25.9 Å². The number of ether oxygens (including phenoxy) is 1. The number of benzene rings is 2. The molecule has 1 N–H and O–H groups in total. The molecule has 29 heavy (non-hydrogen) atoms. The van der Waals surface area contributed by atoms with Crippen molar-refractivity contribution in [2.75, 3.05) is 13.1 Å². The van der Waals surface area contributed by atoms with Crippen molar-refractivity contribution in [1.29, 1.82) is 0 Å². The van der Waals surface area contributed by atoms with Gasteiger partial charge in [-0.2, -0.15) is 0 Å². The van der Waals surface area contributed by atoms with E-state index < -0.39 is 29.1 Å². The van der Waals surface area contributed by atoms with E-state index in [-0.39, 0.29) is 12.1 Å². The Morgan fingerprint density at radius 3 is 2.52 bits per heavy atom. The topological polar surface area (TPSA) is 66.8 Å². The highest BCUT2D eigenvalue weighted by Crippen LogP contribution is 2.28. The predicted octanol–water partition coefficient (Wildman–Crippen LogP) is 4.14. The first-order valence-electron chi connectivity index (χ1n) is 9.13. The highest BCUT2D eigenvalue weighted by Gasteiger charge is 2.29. The quantitative estimate of drug-likeness (QED) is 0.818. The highest BCUT2D eigenvalue weighted by molar-refractivity contribution is 5.95. The van der Waals surface area contributed by atoms with Crippen LogP contribution < -0.4 is 4.74 Å². The molecule has 0 bridgehead atoms. The molecule has 7 heteroatoms. The number of carbonyl (C=O) groups excluding carboxylic acids is 1. The molecular weight excluding hydrogens is 380 g/mol. The third-order valence-corrected chi connectivity index (χ3v) is 4.75. The molecule has 5 nitrogen and oxygen atoms in total. The zero-order chi connectivity index (χ0) is 21.2. The number of carboxylic acid groups (broad SMARTS) is 1. The van der Waals surface area contributed by atoms with Crippen LogP contribution >= 0.6 is 0 Å². The average molecular weight is 401 g/mol. The lowest BCUT2D eigenvalue weighted by molar-refractivity contribution is -0.152. The van der Waals surface area contributed by atoms with Crippen LogP contribution in [0.2, 0.25) is 0 Å². The van der Waals surface area contributed by atoms with Crippen LogP contribution in [0.4, 0.5) is 8.78 Å². The normalized spacial score (nSPS) is 14.3. The predicted molar refractivity (Wildman–Crippen MR) is 104 cm³/mol. The van der Waals surface area contributed by atoms with E-state index in [9.17, 15) is 23.5 Å². The number of nitrogens with zero attached hydrogens (tertiary/aromatic N) is 1. The SMILES string of the molecule is CC(C)(Oc1cccc(C2=CCN(C(=O)c3ccc(F)cc3F)CC2)c1)C(=O)O. The number of hydrogen-bond acceptors (Lipinski definition) is 3. The maximum Gasteiger partial charge on any atom is 0.347 e. The van der Waals surface area contributed by atoms with Crippen molar-refractivity contribution < 1.29 is 28.2 Å². The van der Waals surface area contributed by atoms with Crippen LogP contribution in [0.1, 0.15) is 36.2 Å². The van der Waals surface area contributed by atoms with Gasteiger partial charge >= 0.3 is 5.97 Å². The number of carbonyl (C=O) groups is 2. The lowest BCUT2D eigenvalue weighted by Crippen LogP contribution is -2.37. The number of amides is 1. The van der Waals surface area contributed by atoms with Gasteiger partial charge in [0.05, 0.1) is 5.56 Å². The third-order valence-electron chi connectivity index (χ3n) is 4.75. The van der Waals surface area contributed by atoms with Crippen LogP contribution in [0.25, 0.3) is 5.57 Å². The third kappa shape index (κ3) is 4.62. The van der Waals surface area contributed by atoms with Gasteiger partial charge in [-0.25, -0.2) is 13.6 Å². The Labute approximate surface area is 167 Å². The summed E-state index contributed by atoms with van der Waals surface area (Å²) in [6.07, 6.45) is 2.41. The fourth-order valence-electron chi connectivity index (χ4n) is 3.05. The van der Waals surface area contributed by atoms with Gasteiger partial charge in [-0.05, 0) is 55.7 Å². The smallest absolute Gasteiger partial charge is 0.347 e. The number of halogens is 2. The Morgan fingerprint density at radius 2 is 1.90 bits per heavy atom. The second kappa shape index (κ2) is 8.03. The lowest BCUT2D eigenvalue weighted by Gasteiger charge is -2.27. The van der Waals surface area contributed by atoms with E-state index in [1.165, 1.54) is 18.7 Å². The molecular formula is C22H21F2NO4. The minimum atomic E-state index is -1.36. The Hall–Kier alpha value is -3.22. The molecule has 1 amide bonds. The Bertz CT molecular complexity index is 985. The van der Waals surface area contributed by atoms with Crippen molar-refractivity contribution in [2.24, 2.45) is 0 Å². The lowest BCUT2D eigenvalue weighted by atomic mass is 9.98. The summed E-state index contributed by atoms with van der Waals surface area (Å²) in [5.74, 6) is -2.73. The first-order chi connectivity index (χ1) is 13.7. The van der Waals surface area contributed by atoms with Crippen LogP contribution in [0, 0.1) is 11.6 Å². The van der Waals surface area contributed by atoms with Gasteiger partial charge in [0.1, 0.15) is 17.4 Å². The van der Waals surface area contributed by atoms with Crippen LogP contribution in [-0.4, -0.2) is 40.6 Å². The van der Waals surface area contributed by atoms with Gasteiger partial charge in [0.15, 0.2) is 5.60 Å². The summed E-state index contributed by atoms with van der Waals surface area (Å²) < 4.78 is 32.5. The summed E-state index contributed by atoms with van der Waals surface area (Å²) in [6, 6.07) is 10.0. The molecule has 0 unspecified atom stereocenters. The van der Waals surface area contributed by atoms with E-state index in [2.05, 4.69) is 0 Å². The summed E-state index contributed by atoms with van der Waals surface area (Å²) in [4.78, 5) is 25.3. The minimum absolute atomic E-state index is 0.158. The molecule has 0 spiro atoms. The molecule has 152 valence electrons. The molecule has 0 saturated carbocycles. The summed E-state index contributed by atoms with van der Waals surface area (Å²) in [5, 5.41) is 9.21. The van der Waals surface area contributed by atoms with Gasteiger partial charge in [-0.1, -0.05) is 18.2 Å². The molecule has 1 aliphatic heterocycles. The van der Waals surface area contributed by atoms with Crippen molar-refractivity contribution in [3.05, 3.63) is 71.3 Å². The minimum Gasteiger partial charge on any atom is -0.478 e. The fraction of sp³-hybridized carbons (Fsp3) is 0.273. The average Bonchev–Trinajstić information content (AvgIpc) is 2.67. The number of carboxylic acids is 1. The van der Waals surface area contributed by atoms with Crippen molar-refractivity contribution >= 4 is 17.4 Å². The molecule has 0 aliphatic carbocycles. The molecule has 0 fully saturated rings. The zero-order valence-corrected chi connectivity index (χ0v) is 16.1. The molecule has 1 heterocycles. The van der Waals surface area contributed by atoms with Crippen LogP contribution in [0.15, 0.2) is 48.5 Å². The summed E-state index contributed by atoms with van der Waals surface area (Å²) in [6.45, 7) is 3.61. The van der Waals surface area contributed by atoms with E-state index in [0.29, 0.717) is 24.8 Å². The van der Waals surface area contributed by atoms with Gasteiger partial charge < -0.3 is 14.7 Å². The van der Waals surface area contributed by atoms with Crippen molar-refractivity contribution in [1.82, 2.24) is 4.90 Å². The first-order valence-corrected chi connectivity index (χ1v) is 9.13. The Balaban J connectivity index is 1.73. The zero-order valence-electron chi connectivity index (χ0n) is 16.1. The summed E-state index contributed by atoms with van der Waals surface area (Å²) >= 11 is 0. The van der Waals surface area contributed by atoms with E-state index in [1.807, 2.05) is 12.1 Å². The molecule has 0 aromatic heterocycles. The van der Waals surface area contributed by atoms with Gasteiger partial charge in [-0.3, -0.25) is 4.79 Å². The number of aliphatic carboxylic acids is 1. The van der Waals surface area contributed by atoms with E-state index in [1.54, 1.807) is 18.2 Å². The number of hydrogen-bond donors (Lipinski definition) is 1. The van der Waals surface area contributed by atoms with E-state index in [4.69, 9.17) is 4.74 Å². The summed E-state index contributed by atoms with van der Waals surface area (Å²) in [5.41, 5.74) is 0.327. The van der Waals surface area contributed by atoms with Crippen LogP contribution in [-0.2, 0) is 4.79 Å². The Kier molecular flexibility index (Phi) is 5.68. The van der Waals surface area contributed by atoms with Crippen molar-refractivity contribution in [3.63, 3.8) is 0 Å². The van der Waals surface area contributed by atoms with Gasteiger partial charge in [0, 0.05) is 19.2 Å². The first kappa shape index (κ1) is 20.5. The standard InChI is InChI=1S/C22H21F2NO4/c1-22(2,21(27)28)29-17-5-3-4-15(12-17)14-8-10-25(11-9-14)20(26)18-7-6-16(23)13-19(18)24/h3-8,12-13H,9-11H2,1-2H3,(H,27,28). The maximum atomic E-state index is 13.9. The molecule has 0 atom stereocenters. The molecule has 1 aliphatic rings. The second-order valence-corrected chi connectivity index (χ2v) is 7.30. The van der Waals surface area contributed by atoms with E-state index in [0.717, 1.165) is 23.3 Å². The summed E-state index contributed by atoms with van der Waals surface area (Å²) in [7, 11) is 0. The molecule has 0 saturated heterocycles. The second-order valence-electron chi connectivity index (χ2n) is 7.30.